The number of hydrogen-bond acceptors (Lipinski definition) is 5. The zero-order valence-corrected chi connectivity index (χ0v) is 21.8. The first-order chi connectivity index (χ1) is 18.5. The van der Waals surface area contributed by atoms with Crippen molar-refractivity contribution in [3.63, 3.8) is 0 Å². The maximum absolute atomic E-state index is 14.7. The minimum absolute atomic E-state index is 0.0111. The molecule has 1 saturated carbocycles. The van der Waals surface area contributed by atoms with E-state index < -0.39 is 11.6 Å². The fraction of sp³-hybridized carbons (Fsp3) is 0.448. The summed E-state index contributed by atoms with van der Waals surface area (Å²) in [5, 5.41) is 4.81. The molecule has 0 spiro atoms. The molecule has 0 N–H and O–H groups in total. The number of carbonyl (C=O) groups excluding carboxylic acids is 1. The highest BCUT2D eigenvalue weighted by Crippen LogP contribution is 2.36. The third-order valence-corrected chi connectivity index (χ3v) is 7.34. The van der Waals surface area contributed by atoms with Gasteiger partial charge in [0.2, 0.25) is 11.8 Å². The Kier molecular flexibility index (Phi) is 7.93. The molecule has 5 rings (SSSR count). The molecule has 0 bridgehead atoms. The van der Waals surface area contributed by atoms with Crippen LogP contribution in [-0.4, -0.2) is 47.0 Å². The molecular weight excluding hydrogens is 492 g/mol. The Bertz CT molecular complexity index is 1270. The van der Waals surface area contributed by atoms with E-state index in [2.05, 4.69) is 0 Å². The van der Waals surface area contributed by atoms with Gasteiger partial charge in [-0.2, -0.15) is 5.10 Å². The Hall–Kier alpha value is -3.46. The number of carbonyl (C=O) groups is 1. The standard InChI is InChI=1S/C29H33F2N3O4/c1-3-26-24(18-33(17-23-8-5-15-37-23)28(35)19-6-4-7-19)29(38-27-14-9-20(30)16-25(27)31)34(32-26)21-10-12-22(36-2)13-11-21/h9-14,16,19,23H,3-8,15,17-18H2,1-2H3. The second kappa shape index (κ2) is 11.5. The highest BCUT2D eigenvalue weighted by molar-refractivity contribution is 5.79. The SMILES string of the molecule is CCc1nn(-c2ccc(OC)cc2)c(Oc2ccc(F)cc2F)c1CN(CC1CCCO1)C(=O)C1CCC1. The van der Waals surface area contributed by atoms with Crippen LogP contribution in [0.2, 0.25) is 0 Å². The first-order valence-electron chi connectivity index (χ1n) is 13.2. The van der Waals surface area contributed by atoms with Gasteiger partial charge in [0.25, 0.3) is 0 Å². The largest absolute Gasteiger partial charge is 0.497 e. The van der Waals surface area contributed by atoms with Crippen molar-refractivity contribution in [2.45, 2.75) is 58.1 Å². The molecule has 1 atom stereocenters. The summed E-state index contributed by atoms with van der Waals surface area (Å²) in [7, 11) is 1.59. The van der Waals surface area contributed by atoms with Crippen LogP contribution in [0.3, 0.4) is 0 Å². The summed E-state index contributed by atoms with van der Waals surface area (Å²) in [4.78, 5) is 15.4. The van der Waals surface area contributed by atoms with E-state index in [1.165, 1.54) is 6.07 Å². The van der Waals surface area contributed by atoms with Gasteiger partial charge in [-0.05, 0) is 68.5 Å². The molecule has 2 heterocycles. The maximum atomic E-state index is 14.7. The number of rotatable bonds is 10. The number of ether oxygens (including phenoxy) is 3. The molecule has 0 radical (unpaired) electrons. The number of halogens is 2. The zero-order valence-electron chi connectivity index (χ0n) is 21.8. The molecule has 9 heteroatoms. The molecule has 1 unspecified atom stereocenters. The molecule has 2 aliphatic rings. The van der Waals surface area contributed by atoms with Gasteiger partial charge in [0.05, 0.1) is 36.7 Å². The van der Waals surface area contributed by atoms with Gasteiger partial charge in [0.1, 0.15) is 11.6 Å². The minimum Gasteiger partial charge on any atom is -0.497 e. The molecule has 1 aromatic heterocycles. The summed E-state index contributed by atoms with van der Waals surface area (Å²) >= 11 is 0. The van der Waals surface area contributed by atoms with E-state index in [1.807, 2.05) is 24.0 Å². The average Bonchev–Trinajstić information content (AvgIpc) is 3.52. The van der Waals surface area contributed by atoms with Crippen LogP contribution in [0, 0.1) is 17.6 Å². The Balaban J connectivity index is 1.56. The van der Waals surface area contributed by atoms with Gasteiger partial charge in [0.15, 0.2) is 11.6 Å². The molecule has 202 valence electrons. The molecule has 1 aliphatic carbocycles. The van der Waals surface area contributed by atoms with Gasteiger partial charge in [-0.15, -0.1) is 0 Å². The molecule has 3 aromatic rings. The second-order valence-corrected chi connectivity index (χ2v) is 9.85. The topological polar surface area (TPSA) is 65.8 Å². The van der Waals surface area contributed by atoms with Crippen molar-refractivity contribution in [1.82, 2.24) is 14.7 Å². The van der Waals surface area contributed by atoms with Crippen LogP contribution >= 0.6 is 0 Å². The predicted molar refractivity (Wildman–Crippen MR) is 138 cm³/mol. The lowest BCUT2D eigenvalue weighted by Gasteiger charge is -2.33. The van der Waals surface area contributed by atoms with Gasteiger partial charge in [-0.25, -0.2) is 13.5 Å². The molecule has 1 saturated heterocycles. The summed E-state index contributed by atoms with van der Waals surface area (Å²) in [6.45, 7) is 3.41. The van der Waals surface area contributed by atoms with Gasteiger partial charge in [-0.3, -0.25) is 4.79 Å². The molecule has 1 aliphatic heterocycles. The summed E-state index contributed by atoms with van der Waals surface area (Å²) in [6.07, 6.45) is 5.27. The lowest BCUT2D eigenvalue weighted by molar-refractivity contribution is -0.140. The van der Waals surface area contributed by atoms with Crippen LogP contribution in [0.5, 0.6) is 17.4 Å². The normalized spacial score (nSPS) is 17.3. The first-order valence-corrected chi connectivity index (χ1v) is 13.2. The number of aryl methyl sites for hydroxylation is 1. The van der Waals surface area contributed by atoms with E-state index in [9.17, 15) is 13.6 Å². The zero-order chi connectivity index (χ0) is 26.6. The first kappa shape index (κ1) is 26.2. The van der Waals surface area contributed by atoms with Gasteiger partial charge < -0.3 is 19.1 Å². The monoisotopic (exact) mass is 525 g/mol. The van der Waals surface area contributed by atoms with E-state index in [0.29, 0.717) is 36.6 Å². The summed E-state index contributed by atoms with van der Waals surface area (Å²) in [5.74, 6) is -0.558. The van der Waals surface area contributed by atoms with E-state index >= 15 is 0 Å². The third-order valence-electron chi connectivity index (χ3n) is 7.34. The Morgan fingerprint density at radius 2 is 1.92 bits per heavy atom. The molecule has 7 nitrogen and oxygen atoms in total. The Morgan fingerprint density at radius 3 is 2.53 bits per heavy atom. The van der Waals surface area contributed by atoms with Gasteiger partial charge in [-0.1, -0.05) is 13.3 Å². The van der Waals surface area contributed by atoms with Crippen molar-refractivity contribution < 1.29 is 27.8 Å². The van der Waals surface area contributed by atoms with Crippen LogP contribution in [0.15, 0.2) is 42.5 Å². The van der Waals surface area contributed by atoms with Crippen molar-refractivity contribution in [3.05, 3.63) is 65.4 Å². The Labute approximate surface area is 221 Å². The number of hydrogen-bond donors (Lipinski definition) is 0. The highest BCUT2D eigenvalue weighted by Gasteiger charge is 2.33. The molecule has 2 aromatic carbocycles. The van der Waals surface area contributed by atoms with Crippen molar-refractivity contribution >= 4 is 5.91 Å². The highest BCUT2D eigenvalue weighted by atomic mass is 19.1. The van der Waals surface area contributed by atoms with Crippen molar-refractivity contribution in [3.8, 4) is 23.1 Å². The van der Waals surface area contributed by atoms with E-state index in [0.717, 1.165) is 49.9 Å². The summed E-state index contributed by atoms with van der Waals surface area (Å²) < 4.78 is 47.2. The molecular formula is C29H33F2N3O4. The van der Waals surface area contributed by atoms with Crippen molar-refractivity contribution in [1.29, 1.82) is 0 Å². The quantitative estimate of drug-likeness (QED) is 0.334. The number of nitrogens with zero attached hydrogens (tertiary/aromatic N) is 3. The third kappa shape index (κ3) is 5.53. The van der Waals surface area contributed by atoms with Crippen LogP contribution in [0.4, 0.5) is 8.78 Å². The number of aromatic nitrogens is 2. The van der Waals surface area contributed by atoms with E-state index in [-0.39, 0.29) is 36.1 Å². The van der Waals surface area contributed by atoms with Gasteiger partial charge >= 0.3 is 0 Å². The van der Waals surface area contributed by atoms with Crippen LogP contribution in [0.25, 0.3) is 5.69 Å². The Morgan fingerprint density at radius 1 is 1.13 bits per heavy atom. The average molecular weight is 526 g/mol. The lowest BCUT2D eigenvalue weighted by atomic mass is 9.84. The second-order valence-electron chi connectivity index (χ2n) is 9.85. The summed E-state index contributed by atoms with van der Waals surface area (Å²) in [5.41, 5.74) is 2.11. The molecule has 1 amide bonds. The van der Waals surface area contributed by atoms with E-state index in [4.69, 9.17) is 19.3 Å². The fourth-order valence-electron chi connectivity index (χ4n) is 4.96. The van der Waals surface area contributed by atoms with Crippen LogP contribution in [0.1, 0.15) is 50.3 Å². The van der Waals surface area contributed by atoms with Crippen molar-refractivity contribution in [2.75, 3.05) is 20.3 Å². The maximum Gasteiger partial charge on any atom is 0.228 e. The van der Waals surface area contributed by atoms with Crippen LogP contribution < -0.4 is 9.47 Å². The molecule has 2 fully saturated rings. The number of benzene rings is 2. The lowest BCUT2D eigenvalue weighted by Crippen LogP contribution is -2.42. The van der Waals surface area contributed by atoms with Crippen molar-refractivity contribution in [2.24, 2.45) is 5.92 Å². The van der Waals surface area contributed by atoms with Crippen LogP contribution in [-0.2, 0) is 22.5 Å². The predicted octanol–water partition coefficient (Wildman–Crippen LogP) is 5.82. The summed E-state index contributed by atoms with van der Waals surface area (Å²) in [6, 6.07) is 10.4. The number of amides is 1. The van der Waals surface area contributed by atoms with E-state index in [1.54, 1.807) is 23.9 Å². The molecule has 38 heavy (non-hydrogen) atoms. The smallest absolute Gasteiger partial charge is 0.228 e. The number of methoxy groups -OCH3 is 1. The van der Waals surface area contributed by atoms with Gasteiger partial charge in [0, 0.05) is 25.1 Å². The minimum atomic E-state index is -0.821. The fourth-order valence-corrected chi connectivity index (χ4v) is 4.96.